The smallest absolute Gasteiger partial charge is 0.164 e. The minimum Gasteiger partial charge on any atom is -0.454 e. The first-order valence-electron chi connectivity index (χ1n) is 5.17. The second-order valence-electron chi connectivity index (χ2n) is 3.58. The minimum absolute atomic E-state index is 0.779. The van der Waals surface area contributed by atoms with Crippen molar-refractivity contribution in [3.05, 3.63) is 39.6 Å². The van der Waals surface area contributed by atoms with E-state index >= 15 is 0 Å². The predicted molar refractivity (Wildman–Crippen MR) is 70.0 cm³/mol. The lowest BCUT2D eigenvalue weighted by atomic mass is 10.3. The van der Waals surface area contributed by atoms with Crippen molar-refractivity contribution in [2.75, 3.05) is 6.54 Å². The number of nitrogens with one attached hydrogen (secondary N) is 1. The van der Waals surface area contributed by atoms with Crippen LogP contribution in [0.2, 0.25) is 0 Å². The van der Waals surface area contributed by atoms with Gasteiger partial charge in [0.25, 0.3) is 0 Å². The second kappa shape index (κ2) is 5.49. The summed E-state index contributed by atoms with van der Waals surface area (Å²) in [5.74, 6) is 0.981. The van der Waals surface area contributed by atoms with Gasteiger partial charge in [0.1, 0.15) is 5.76 Å². The van der Waals surface area contributed by atoms with Crippen LogP contribution in [-0.2, 0) is 20.0 Å². The summed E-state index contributed by atoms with van der Waals surface area (Å²) < 4.78 is 8.28. The van der Waals surface area contributed by atoms with Crippen LogP contribution in [-0.4, -0.2) is 16.3 Å². The number of nitrogens with zero attached hydrogens (tertiary/aromatic N) is 2. The quantitative estimate of drug-likeness (QED) is 0.673. The molecule has 0 aromatic carbocycles. The number of rotatable bonds is 5. The minimum atomic E-state index is 0.779. The van der Waals surface area contributed by atoms with Gasteiger partial charge in [-0.05, 0) is 40.8 Å². The molecule has 0 unspecified atom stereocenters. The molecule has 0 atom stereocenters. The Morgan fingerprint density at radius 2 is 2.31 bits per heavy atom. The van der Waals surface area contributed by atoms with E-state index in [1.54, 1.807) is 0 Å². The Morgan fingerprint density at radius 1 is 1.44 bits per heavy atom. The van der Waals surface area contributed by atoms with Crippen molar-refractivity contribution in [3.8, 4) is 0 Å². The highest BCUT2D eigenvalue weighted by molar-refractivity contribution is 14.1. The number of hydrogen-bond acceptors (Lipinski definition) is 3. The fourth-order valence-electron chi connectivity index (χ4n) is 1.52. The summed E-state index contributed by atoms with van der Waals surface area (Å²) in [6, 6.07) is 6.01. The molecule has 0 aliphatic carbocycles. The van der Waals surface area contributed by atoms with Crippen LogP contribution in [0.3, 0.4) is 0 Å². The van der Waals surface area contributed by atoms with E-state index in [-0.39, 0.29) is 0 Å². The highest BCUT2D eigenvalue weighted by atomic mass is 127. The number of hydrogen-bond donors (Lipinski definition) is 1. The van der Waals surface area contributed by atoms with Crippen molar-refractivity contribution in [3.63, 3.8) is 0 Å². The molecule has 86 valence electrons. The average Bonchev–Trinajstić information content (AvgIpc) is 2.83. The zero-order chi connectivity index (χ0) is 11.4. The molecule has 4 nitrogen and oxygen atoms in total. The zero-order valence-corrected chi connectivity index (χ0v) is 11.3. The van der Waals surface area contributed by atoms with Gasteiger partial charge in [0.05, 0.1) is 6.54 Å². The molecule has 0 aliphatic rings. The third kappa shape index (κ3) is 3.08. The molecule has 16 heavy (non-hydrogen) atoms. The predicted octanol–water partition coefficient (Wildman–Crippen LogP) is 1.95. The molecule has 0 amide bonds. The summed E-state index contributed by atoms with van der Waals surface area (Å²) in [6.07, 6.45) is 2.80. The Kier molecular flexibility index (Phi) is 4.00. The summed E-state index contributed by atoms with van der Waals surface area (Å²) >= 11 is 2.17. The van der Waals surface area contributed by atoms with Gasteiger partial charge in [-0.25, -0.2) is 0 Å². The van der Waals surface area contributed by atoms with Crippen molar-refractivity contribution in [2.45, 2.75) is 13.0 Å². The monoisotopic (exact) mass is 331 g/mol. The van der Waals surface area contributed by atoms with Crippen molar-refractivity contribution < 1.29 is 4.42 Å². The van der Waals surface area contributed by atoms with Crippen LogP contribution in [0, 0.1) is 3.77 Å². The van der Waals surface area contributed by atoms with Gasteiger partial charge in [-0.2, -0.15) is 5.10 Å². The van der Waals surface area contributed by atoms with Gasteiger partial charge in [-0.1, -0.05) is 0 Å². The summed E-state index contributed by atoms with van der Waals surface area (Å²) in [5.41, 5.74) is 1.24. The number of aryl methyl sites for hydroxylation is 1. The third-order valence-electron chi connectivity index (χ3n) is 2.41. The van der Waals surface area contributed by atoms with Crippen molar-refractivity contribution >= 4 is 22.6 Å². The molecule has 0 saturated carbocycles. The Labute approximate surface area is 108 Å². The molecule has 2 rings (SSSR count). The van der Waals surface area contributed by atoms with E-state index in [1.807, 2.05) is 36.1 Å². The Morgan fingerprint density at radius 3 is 2.94 bits per heavy atom. The molecule has 0 spiro atoms. The van der Waals surface area contributed by atoms with E-state index in [2.05, 4.69) is 33.0 Å². The average molecular weight is 331 g/mol. The summed E-state index contributed by atoms with van der Waals surface area (Å²) in [7, 11) is 1.96. The van der Waals surface area contributed by atoms with Crippen molar-refractivity contribution in [2.24, 2.45) is 7.05 Å². The molecule has 1 N–H and O–H groups in total. The second-order valence-corrected chi connectivity index (χ2v) is 4.64. The van der Waals surface area contributed by atoms with Gasteiger partial charge in [0.15, 0.2) is 3.77 Å². The van der Waals surface area contributed by atoms with E-state index < -0.39 is 0 Å². The fraction of sp³-hybridized carbons (Fsp3) is 0.364. The SMILES string of the molecule is Cn1nccc1CCNCc1ccc(I)o1. The standard InChI is InChI=1S/C11H14IN3O/c1-15-9(5-7-14-15)4-6-13-8-10-2-3-11(12)16-10/h2-3,5,7,13H,4,6,8H2,1H3. The van der Waals surface area contributed by atoms with Gasteiger partial charge >= 0.3 is 0 Å². The topological polar surface area (TPSA) is 43.0 Å². The van der Waals surface area contributed by atoms with E-state index in [0.717, 1.165) is 29.0 Å². The molecule has 0 aliphatic heterocycles. The first-order valence-corrected chi connectivity index (χ1v) is 6.25. The largest absolute Gasteiger partial charge is 0.454 e. The first kappa shape index (κ1) is 11.7. The number of aromatic nitrogens is 2. The highest BCUT2D eigenvalue weighted by Gasteiger charge is 2.00. The fourth-order valence-corrected chi connectivity index (χ4v) is 1.98. The maximum absolute atomic E-state index is 5.45. The lowest BCUT2D eigenvalue weighted by Gasteiger charge is -2.03. The van der Waals surface area contributed by atoms with E-state index in [4.69, 9.17) is 4.42 Å². The van der Waals surface area contributed by atoms with Crippen LogP contribution >= 0.6 is 22.6 Å². The van der Waals surface area contributed by atoms with Crippen LogP contribution in [0.1, 0.15) is 11.5 Å². The van der Waals surface area contributed by atoms with Gasteiger partial charge in [-0.3, -0.25) is 4.68 Å². The molecule has 5 heteroatoms. The maximum Gasteiger partial charge on any atom is 0.164 e. The van der Waals surface area contributed by atoms with Crippen molar-refractivity contribution in [1.29, 1.82) is 0 Å². The molecule has 2 aromatic heterocycles. The number of furan rings is 1. The summed E-state index contributed by atoms with van der Waals surface area (Å²) in [5, 5.41) is 7.47. The van der Waals surface area contributed by atoms with Crippen molar-refractivity contribution in [1.82, 2.24) is 15.1 Å². The van der Waals surface area contributed by atoms with E-state index in [0.29, 0.717) is 0 Å². The lowest BCUT2D eigenvalue weighted by molar-refractivity contribution is 0.463. The Hall–Kier alpha value is -0.820. The molecule has 0 bridgehead atoms. The molecule has 0 saturated heterocycles. The third-order valence-corrected chi connectivity index (χ3v) is 2.99. The molecule has 0 fully saturated rings. The summed E-state index contributed by atoms with van der Waals surface area (Å²) in [4.78, 5) is 0. The zero-order valence-electron chi connectivity index (χ0n) is 9.11. The molecular formula is C11H14IN3O. The van der Waals surface area contributed by atoms with Crippen LogP contribution in [0.5, 0.6) is 0 Å². The number of halogens is 1. The Bertz CT molecular complexity index is 450. The summed E-state index contributed by atoms with van der Waals surface area (Å²) in [6.45, 7) is 1.71. The molecule has 0 radical (unpaired) electrons. The normalized spacial score (nSPS) is 10.9. The molecular weight excluding hydrogens is 317 g/mol. The van der Waals surface area contributed by atoms with Crippen LogP contribution in [0.25, 0.3) is 0 Å². The van der Waals surface area contributed by atoms with Crippen LogP contribution in [0.4, 0.5) is 0 Å². The van der Waals surface area contributed by atoms with Gasteiger partial charge < -0.3 is 9.73 Å². The van der Waals surface area contributed by atoms with E-state index in [1.165, 1.54) is 5.69 Å². The highest BCUT2D eigenvalue weighted by Crippen LogP contribution is 2.09. The lowest BCUT2D eigenvalue weighted by Crippen LogP contribution is -2.17. The van der Waals surface area contributed by atoms with Crippen LogP contribution in [0.15, 0.2) is 28.8 Å². The molecule has 2 aromatic rings. The van der Waals surface area contributed by atoms with Gasteiger partial charge in [-0.15, -0.1) is 0 Å². The maximum atomic E-state index is 5.45. The molecule has 2 heterocycles. The van der Waals surface area contributed by atoms with Crippen LogP contribution < -0.4 is 5.32 Å². The van der Waals surface area contributed by atoms with Gasteiger partial charge in [0, 0.05) is 31.9 Å². The van der Waals surface area contributed by atoms with Gasteiger partial charge in [0.2, 0.25) is 0 Å². The van der Waals surface area contributed by atoms with E-state index in [9.17, 15) is 0 Å². The Balaban J connectivity index is 1.71. The first-order chi connectivity index (χ1) is 7.75.